The topological polar surface area (TPSA) is 84.0 Å². The van der Waals surface area contributed by atoms with Crippen molar-refractivity contribution in [1.29, 1.82) is 0 Å². The number of anilines is 1. The second-order valence-electron chi connectivity index (χ2n) is 6.46. The van der Waals surface area contributed by atoms with Crippen molar-refractivity contribution in [2.75, 3.05) is 12.4 Å². The molecule has 1 aromatic carbocycles. The molecule has 2 aliphatic rings. The second kappa shape index (κ2) is 7.40. The molecule has 6 nitrogen and oxygen atoms in total. The number of piperazine rings is 1. The Morgan fingerprint density at radius 1 is 1.42 bits per heavy atom. The summed E-state index contributed by atoms with van der Waals surface area (Å²) in [6.45, 7) is 0. The van der Waals surface area contributed by atoms with Crippen molar-refractivity contribution in [3.05, 3.63) is 23.2 Å². The first-order valence-corrected chi connectivity index (χ1v) is 8.73. The van der Waals surface area contributed by atoms with Crippen LogP contribution in [0.3, 0.4) is 0 Å². The lowest BCUT2D eigenvalue weighted by Gasteiger charge is -2.37. The summed E-state index contributed by atoms with van der Waals surface area (Å²) in [7, 11) is 1.53. The summed E-state index contributed by atoms with van der Waals surface area (Å²) in [5.74, 6) is 0.268. The maximum Gasteiger partial charge on any atom is 0.279 e. The summed E-state index contributed by atoms with van der Waals surface area (Å²) in [5, 5.41) is 8.45. The molecule has 3 rings (SSSR count). The number of carbonyl (C=O) groups is 2. The molecule has 2 amide bonds. The Hall–Kier alpha value is -1.79. The van der Waals surface area contributed by atoms with E-state index in [-0.39, 0.29) is 30.3 Å². The van der Waals surface area contributed by atoms with Gasteiger partial charge in [-0.3, -0.25) is 9.59 Å². The van der Waals surface area contributed by atoms with E-state index in [1.54, 1.807) is 18.2 Å². The Labute approximate surface area is 146 Å². The van der Waals surface area contributed by atoms with E-state index >= 15 is 0 Å². The van der Waals surface area contributed by atoms with Gasteiger partial charge in [-0.05, 0) is 31.0 Å². The summed E-state index contributed by atoms with van der Waals surface area (Å²) in [4.78, 5) is 24.6. The van der Waals surface area contributed by atoms with Crippen LogP contribution in [-0.4, -0.2) is 37.0 Å². The zero-order valence-electron chi connectivity index (χ0n) is 13.7. The fraction of sp³-hybridized carbons (Fsp3) is 0.529. The standard InChI is InChI=1S/C17H22ClN3O3/c1-24-15-7-6-10(18)8-13(15)20-16(22)9-14-17(23)21-12-5-3-2-4-11(12)19-14/h6-8,11-12,14,19H,2-5,9H2,1H3,(H,20,22)(H,21,23)/p+1/t11-,12-,14+/m0/s1. The highest BCUT2D eigenvalue weighted by Gasteiger charge is 2.40. The number of ether oxygens (including phenoxy) is 1. The van der Waals surface area contributed by atoms with Gasteiger partial charge in [-0.2, -0.15) is 0 Å². The molecule has 1 heterocycles. The molecule has 0 unspecified atom stereocenters. The molecule has 1 saturated heterocycles. The first-order chi connectivity index (χ1) is 11.6. The van der Waals surface area contributed by atoms with Crippen LogP contribution in [0.4, 0.5) is 5.69 Å². The molecule has 130 valence electrons. The van der Waals surface area contributed by atoms with Gasteiger partial charge in [-0.1, -0.05) is 18.0 Å². The fourth-order valence-electron chi connectivity index (χ4n) is 3.58. The van der Waals surface area contributed by atoms with Gasteiger partial charge in [0.2, 0.25) is 5.91 Å². The third kappa shape index (κ3) is 3.82. The van der Waals surface area contributed by atoms with Crippen molar-refractivity contribution in [3.63, 3.8) is 0 Å². The van der Waals surface area contributed by atoms with Crippen molar-refractivity contribution in [3.8, 4) is 5.75 Å². The molecule has 4 N–H and O–H groups in total. The number of hydrogen-bond acceptors (Lipinski definition) is 3. The number of hydrogen-bond donors (Lipinski definition) is 3. The lowest BCUT2D eigenvalue weighted by atomic mass is 9.87. The Morgan fingerprint density at radius 2 is 2.21 bits per heavy atom. The van der Waals surface area contributed by atoms with Crippen LogP contribution in [0.1, 0.15) is 32.1 Å². The third-order valence-electron chi connectivity index (χ3n) is 4.80. The van der Waals surface area contributed by atoms with Gasteiger partial charge in [0.05, 0.1) is 25.3 Å². The average Bonchev–Trinajstić information content (AvgIpc) is 2.55. The van der Waals surface area contributed by atoms with E-state index in [0.717, 1.165) is 19.3 Å². The number of methoxy groups -OCH3 is 1. The minimum atomic E-state index is -0.380. The Bertz CT molecular complexity index is 638. The maximum absolute atomic E-state index is 12.4. The van der Waals surface area contributed by atoms with Gasteiger partial charge >= 0.3 is 0 Å². The number of carbonyl (C=O) groups excluding carboxylic acids is 2. The van der Waals surface area contributed by atoms with Crippen molar-refractivity contribution in [1.82, 2.24) is 5.32 Å². The van der Waals surface area contributed by atoms with Crippen LogP contribution < -0.4 is 20.7 Å². The Balaban J connectivity index is 1.62. The number of nitrogens with one attached hydrogen (secondary N) is 2. The van der Waals surface area contributed by atoms with Crippen LogP contribution in [0.15, 0.2) is 18.2 Å². The van der Waals surface area contributed by atoms with E-state index < -0.39 is 0 Å². The molecular weight excluding hydrogens is 330 g/mol. The van der Waals surface area contributed by atoms with Crippen molar-refractivity contribution in [2.24, 2.45) is 0 Å². The molecule has 0 aromatic heterocycles. The van der Waals surface area contributed by atoms with Crippen molar-refractivity contribution >= 4 is 29.1 Å². The SMILES string of the molecule is COc1ccc(Cl)cc1NC(=O)C[C@H]1[NH2+][C@H]2CCCC[C@@H]2NC1=O. The molecule has 0 radical (unpaired) electrons. The molecule has 24 heavy (non-hydrogen) atoms. The van der Waals surface area contributed by atoms with Crippen LogP contribution in [0.25, 0.3) is 0 Å². The number of halogens is 1. The summed E-state index contributed by atoms with van der Waals surface area (Å²) in [6, 6.07) is 5.29. The second-order valence-corrected chi connectivity index (χ2v) is 6.90. The van der Waals surface area contributed by atoms with E-state index in [2.05, 4.69) is 16.0 Å². The monoisotopic (exact) mass is 352 g/mol. The predicted molar refractivity (Wildman–Crippen MR) is 91.2 cm³/mol. The summed E-state index contributed by atoms with van der Waals surface area (Å²) in [6.07, 6.45) is 4.60. The normalized spacial score (nSPS) is 26.2. The van der Waals surface area contributed by atoms with Gasteiger partial charge in [0.1, 0.15) is 11.8 Å². The van der Waals surface area contributed by atoms with Crippen LogP contribution in [0.5, 0.6) is 5.75 Å². The van der Waals surface area contributed by atoms with E-state index in [9.17, 15) is 9.59 Å². The lowest BCUT2D eigenvalue weighted by Crippen LogP contribution is -3.03. The first-order valence-electron chi connectivity index (χ1n) is 8.35. The number of nitrogens with two attached hydrogens (primary N) is 1. The van der Waals surface area contributed by atoms with E-state index in [1.165, 1.54) is 13.5 Å². The van der Waals surface area contributed by atoms with Gasteiger partial charge in [0.15, 0.2) is 6.04 Å². The van der Waals surface area contributed by atoms with Gasteiger partial charge in [-0.15, -0.1) is 0 Å². The zero-order valence-corrected chi connectivity index (χ0v) is 14.4. The molecule has 1 saturated carbocycles. The molecule has 0 bridgehead atoms. The molecule has 3 atom stereocenters. The molecule has 1 aliphatic heterocycles. The van der Waals surface area contributed by atoms with Gasteiger partial charge in [0.25, 0.3) is 5.91 Å². The Kier molecular flexibility index (Phi) is 5.26. The molecule has 1 aliphatic carbocycles. The fourth-order valence-corrected chi connectivity index (χ4v) is 3.76. The Morgan fingerprint density at radius 3 is 3.00 bits per heavy atom. The highest BCUT2D eigenvalue weighted by atomic mass is 35.5. The summed E-state index contributed by atoms with van der Waals surface area (Å²) in [5.41, 5.74) is 0.516. The maximum atomic E-state index is 12.4. The van der Waals surface area contributed by atoms with E-state index in [4.69, 9.17) is 16.3 Å². The van der Waals surface area contributed by atoms with Crippen LogP contribution in [0, 0.1) is 0 Å². The average molecular weight is 353 g/mol. The van der Waals surface area contributed by atoms with Crippen molar-refractivity contribution in [2.45, 2.75) is 50.2 Å². The van der Waals surface area contributed by atoms with E-state index in [1.807, 2.05) is 0 Å². The summed E-state index contributed by atoms with van der Waals surface area (Å²) >= 11 is 5.97. The molecular formula is C17H23ClN3O3+. The number of amides is 2. The number of rotatable bonds is 4. The van der Waals surface area contributed by atoms with Gasteiger partial charge < -0.3 is 20.7 Å². The van der Waals surface area contributed by atoms with E-state index in [0.29, 0.717) is 22.5 Å². The highest BCUT2D eigenvalue weighted by molar-refractivity contribution is 6.31. The largest absolute Gasteiger partial charge is 0.495 e. The lowest BCUT2D eigenvalue weighted by molar-refractivity contribution is -0.718. The minimum absolute atomic E-state index is 0.0497. The van der Waals surface area contributed by atoms with Crippen LogP contribution in [0.2, 0.25) is 5.02 Å². The number of fused-ring (bicyclic) bond motifs is 1. The van der Waals surface area contributed by atoms with Crippen LogP contribution >= 0.6 is 11.6 Å². The smallest absolute Gasteiger partial charge is 0.279 e. The number of quaternary nitrogens is 1. The van der Waals surface area contributed by atoms with Crippen molar-refractivity contribution < 1.29 is 19.6 Å². The third-order valence-corrected chi connectivity index (χ3v) is 5.04. The zero-order chi connectivity index (χ0) is 17.1. The number of benzene rings is 1. The molecule has 0 spiro atoms. The van der Waals surface area contributed by atoms with Gasteiger partial charge in [-0.25, -0.2) is 0 Å². The highest BCUT2D eigenvalue weighted by Crippen LogP contribution is 2.27. The quantitative estimate of drug-likeness (QED) is 0.757. The first kappa shape index (κ1) is 17.0. The molecule has 7 heteroatoms. The van der Waals surface area contributed by atoms with Crippen LogP contribution in [-0.2, 0) is 9.59 Å². The molecule has 1 aromatic rings. The summed E-state index contributed by atoms with van der Waals surface area (Å²) < 4.78 is 5.22. The molecule has 2 fully saturated rings. The minimum Gasteiger partial charge on any atom is -0.495 e. The predicted octanol–water partition coefficient (Wildman–Crippen LogP) is 1.05. The van der Waals surface area contributed by atoms with Gasteiger partial charge in [0, 0.05) is 11.4 Å².